The van der Waals surface area contributed by atoms with Gasteiger partial charge in [-0.05, 0) is 47.0 Å². The number of alkyl halides is 3. The first kappa shape index (κ1) is 25.1. The zero-order valence-corrected chi connectivity index (χ0v) is 19.0. The van der Waals surface area contributed by atoms with Crippen molar-refractivity contribution in [3.05, 3.63) is 119 Å². The molecule has 0 unspecified atom stereocenters. The van der Waals surface area contributed by atoms with E-state index in [1.54, 1.807) is 47.6 Å². The van der Waals surface area contributed by atoms with Crippen LogP contribution < -0.4 is 5.32 Å². The lowest BCUT2D eigenvalue weighted by molar-refractivity contribution is -0.137. The Balaban J connectivity index is 1.47. The van der Waals surface area contributed by atoms with Gasteiger partial charge in [-0.1, -0.05) is 30.3 Å². The van der Waals surface area contributed by atoms with Gasteiger partial charge in [0.25, 0.3) is 5.91 Å². The summed E-state index contributed by atoms with van der Waals surface area (Å²) in [4.78, 5) is 22.4. The maximum absolute atomic E-state index is 13.3. The maximum Gasteiger partial charge on any atom is 0.416 e. The van der Waals surface area contributed by atoms with Gasteiger partial charge in [0, 0.05) is 32.0 Å². The van der Waals surface area contributed by atoms with Gasteiger partial charge in [0.1, 0.15) is 12.1 Å². The molecule has 0 aliphatic rings. The molecule has 0 aliphatic heterocycles. The molecule has 0 spiro atoms. The van der Waals surface area contributed by atoms with E-state index in [4.69, 9.17) is 4.42 Å². The van der Waals surface area contributed by atoms with Crippen molar-refractivity contribution in [1.29, 1.82) is 0 Å². The van der Waals surface area contributed by atoms with Crippen LogP contribution >= 0.6 is 0 Å². The lowest BCUT2D eigenvalue weighted by Crippen LogP contribution is -2.24. The predicted molar refractivity (Wildman–Crippen MR) is 123 cm³/mol. The van der Waals surface area contributed by atoms with Crippen LogP contribution in [0, 0.1) is 5.82 Å². The Morgan fingerprint density at radius 3 is 2.36 bits per heavy atom. The van der Waals surface area contributed by atoms with Gasteiger partial charge in [0.05, 0.1) is 12.1 Å². The molecule has 0 atom stereocenters. The fourth-order valence-electron chi connectivity index (χ4n) is 3.57. The van der Waals surface area contributed by atoms with E-state index < -0.39 is 23.5 Å². The second-order valence-electron chi connectivity index (χ2n) is 8.13. The van der Waals surface area contributed by atoms with Crippen molar-refractivity contribution in [2.45, 2.75) is 32.4 Å². The third-order valence-electron chi connectivity index (χ3n) is 5.33. The quantitative estimate of drug-likeness (QED) is 0.315. The summed E-state index contributed by atoms with van der Waals surface area (Å²) in [7, 11) is 0. The number of carbonyl (C=O) groups is 1. The van der Waals surface area contributed by atoms with Crippen molar-refractivity contribution in [2.24, 2.45) is 0 Å². The van der Waals surface area contributed by atoms with Crippen LogP contribution in [0.1, 0.15) is 38.6 Å². The highest BCUT2D eigenvalue weighted by atomic mass is 19.4. The Bertz CT molecular complexity index is 1290. The SMILES string of the molecule is O=C(NCc1ccncc1)c1coc(CN(Cc2ccc(F)cc2)Cc2cccc(C(F)(F)F)c2)n1. The highest BCUT2D eigenvalue weighted by Crippen LogP contribution is 2.30. The molecular weight excluding hydrogens is 476 g/mol. The van der Waals surface area contributed by atoms with Crippen LogP contribution in [0.2, 0.25) is 0 Å². The molecule has 6 nitrogen and oxygen atoms in total. The topological polar surface area (TPSA) is 71.3 Å². The molecule has 0 aliphatic carbocycles. The summed E-state index contributed by atoms with van der Waals surface area (Å²) >= 11 is 0. The van der Waals surface area contributed by atoms with E-state index >= 15 is 0 Å². The zero-order valence-electron chi connectivity index (χ0n) is 19.0. The number of halogens is 4. The third kappa shape index (κ3) is 6.98. The van der Waals surface area contributed by atoms with Gasteiger partial charge in [-0.2, -0.15) is 13.2 Å². The molecule has 1 N–H and O–H groups in total. The number of hydrogen-bond donors (Lipinski definition) is 1. The van der Waals surface area contributed by atoms with Crippen molar-refractivity contribution in [2.75, 3.05) is 0 Å². The largest absolute Gasteiger partial charge is 0.447 e. The van der Waals surface area contributed by atoms with Crippen LogP contribution in [0.3, 0.4) is 0 Å². The molecular formula is C26H22F4N4O2. The van der Waals surface area contributed by atoms with Crippen molar-refractivity contribution >= 4 is 5.91 Å². The molecule has 2 aromatic heterocycles. The van der Waals surface area contributed by atoms with Gasteiger partial charge >= 0.3 is 6.18 Å². The maximum atomic E-state index is 13.3. The van der Waals surface area contributed by atoms with Crippen LogP contribution in [0.15, 0.2) is 83.7 Å². The summed E-state index contributed by atoms with van der Waals surface area (Å²) in [6, 6.07) is 14.4. The summed E-state index contributed by atoms with van der Waals surface area (Å²) in [5.74, 6) is -0.596. The van der Waals surface area contributed by atoms with Gasteiger partial charge in [-0.25, -0.2) is 9.37 Å². The first-order chi connectivity index (χ1) is 17.3. The number of carbonyl (C=O) groups excluding carboxylic acids is 1. The average molecular weight is 498 g/mol. The predicted octanol–water partition coefficient (Wildman–Crippen LogP) is 5.36. The third-order valence-corrected chi connectivity index (χ3v) is 5.33. The van der Waals surface area contributed by atoms with Crippen molar-refractivity contribution in [3.8, 4) is 0 Å². The molecule has 186 valence electrons. The van der Waals surface area contributed by atoms with Crippen LogP contribution in [-0.4, -0.2) is 20.8 Å². The monoisotopic (exact) mass is 498 g/mol. The standard InChI is InChI=1S/C26H22F4N4O2/c27-22-6-4-19(5-7-22)14-34(15-20-2-1-3-21(12-20)26(28,29)30)16-24-33-23(17-36-24)25(35)32-13-18-8-10-31-11-9-18/h1-12,17H,13-16H2,(H,32,35). The summed E-state index contributed by atoms with van der Waals surface area (Å²) < 4.78 is 58.3. The average Bonchev–Trinajstić information content (AvgIpc) is 3.33. The molecule has 0 bridgehead atoms. The Hall–Kier alpha value is -4.05. The number of nitrogens with one attached hydrogen (secondary N) is 1. The number of oxazole rings is 1. The number of hydrogen-bond acceptors (Lipinski definition) is 5. The van der Waals surface area contributed by atoms with Crippen LogP contribution in [0.25, 0.3) is 0 Å². The van der Waals surface area contributed by atoms with Gasteiger partial charge in [-0.15, -0.1) is 0 Å². The number of nitrogens with zero attached hydrogens (tertiary/aromatic N) is 3. The number of pyridine rings is 1. The van der Waals surface area contributed by atoms with Crippen molar-refractivity contribution in [1.82, 2.24) is 20.2 Å². The Labute approximate surface area is 204 Å². The normalized spacial score (nSPS) is 11.6. The van der Waals surface area contributed by atoms with Crippen molar-refractivity contribution in [3.63, 3.8) is 0 Å². The molecule has 4 aromatic rings. The summed E-state index contributed by atoms with van der Waals surface area (Å²) in [6.45, 7) is 0.844. The molecule has 0 saturated heterocycles. The van der Waals surface area contributed by atoms with E-state index in [0.29, 0.717) is 12.1 Å². The molecule has 0 radical (unpaired) electrons. The zero-order chi connectivity index (χ0) is 25.5. The van der Waals surface area contributed by atoms with E-state index in [1.807, 2.05) is 0 Å². The molecule has 2 aromatic carbocycles. The highest BCUT2D eigenvalue weighted by molar-refractivity contribution is 5.91. The molecule has 36 heavy (non-hydrogen) atoms. The van der Waals surface area contributed by atoms with Gasteiger partial charge in [-0.3, -0.25) is 14.7 Å². The number of rotatable bonds is 9. The van der Waals surface area contributed by atoms with Gasteiger partial charge in [0.15, 0.2) is 5.69 Å². The summed E-state index contributed by atoms with van der Waals surface area (Å²) in [6.07, 6.45) is 0.0159. The van der Waals surface area contributed by atoms with E-state index in [1.165, 1.54) is 24.5 Å². The molecule has 10 heteroatoms. The molecule has 0 fully saturated rings. The lowest BCUT2D eigenvalue weighted by Gasteiger charge is -2.21. The van der Waals surface area contributed by atoms with Crippen molar-refractivity contribution < 1.29 is 26.8 Å². The fraction of sp³-hybridized carbons (Fsp3) is 0.192. The van der Waals surface area contributed by atoms with Gasteiger partial charge < -0.3 is 9.73 Å². The summed E-state index contributed by atoms with van der Waals surface area (Å²) in [5.41, 5.74) is 1.40. The van der Waals surface area contributed by atoms with Crippen LogP contribution in [0.4, 0.5) is 17.6 Å². The minimum absolute atomic E-state index is 0.0832. The van der Waals surface area contributed by atoms with Crippen LogP contribution in [-0.2, 0) is 32.4 Å². The number of aromatic nitrogens is 2. The lowest BCUT2D eigenvalue weighted by atomic mass is 10.1. The van der Waals surface area contributed by atoms with E-state index in [2.05, 4.69) is 15.3 Å². The molecule has 1 amide bonds. The first-order valence-electron chi connectivity index (χ1n) is 11.0. The Morgan fingerprint density at radius 1 is 0.917 bits per heavy atom. The molecule has 0 saturated carbocycles. The highest BCUT2D eigenvalue weighted by Gasteiger charge is 2.30. The second-order valence-corrected chi connectivity index (χ2v) is 8.13. The molecule has 2 heterocycles. The van der Waals surface area contributed by atoms with E-state index in [-0.39, 0.29) is 31.2 Å². The number of amides is 1. The second kappa shape index (κ2) is 11.1. The van der Waals surface area contributed by atoms with E-state index in [0.717, 1.165) is 23.3 Å². The summed E-state index contributed by atoms with van der Waals surface area (Å²) in [5, 5.41) is 2.74. The van der Waals surface area contributed by atoms with Gasteiger partial charge in [0.2, 0.25) is 5.89 Å². The molecule has 4 rings (SSSR count). The smallest absolute Gasteiger partial charge is 0.416 e. The first-order valence-corrected chi connectivity index (χ1v) is 11.0. The number of benzene rings is 2. The van der Waals surface area contributed by atoms with E-state index in [9.17, 15) is 22.4 Å². The van der Waals surface area contributed by atoms with Crippen LogP contribution in [0.5, 0.6) is 0 Å². The minimum Gasteiger partial charge on any atom is -0.447 e. The minimum atomic E-state index is -4.46. The Morgan fingerprint density at radius 2 is 1.64 bits per heavy atom. The fourth-order valence-corrected chi connectivity index (χ4v) is 3.57. The Kier molecular flexibility index (Phi) is 7.74.